The zero-order chi connectivity index (χ0) is 20.8. The first-order valence-corrected chi connectivity index (χ1v) is 10.4. The van der Waals surface area contributed by atoms with Gasteiger partial charge in [-0.15, -0.1) is 0 Å². The highest BCUT2D eigenvalue weighted by Crippen LogP contribution is 2.34. The fraction of sp³-hybridized carbons (Fsp3) is 0.182. The second-order valence-corrected chi connectivity index (χ2v) is 8.03. The summed E-state index contributed by atoms with van der Waals surface area (Å²) in [5.74, 6) is 1.01. The molecule has 0 atom stereocenters. The third-order valence-corrected chi connectivity index (χ3v) is 5.75. The Morgan fingerprint density at radius 3 is 2.31 bits per heavy atom. The minimum Gasteiger partial charge on any atom is -0.493 e. The fourth-order valence-corrected chi connectivity index (χ4v) is 3.50. The second kappa shape index (κ2) is 10.3. The molecule has 3 nitrogen and oxygen atoms in total. The van der Waals surface area contributed by atoms with Crippen molar-refractivity contribution in [3.05, 3.63) is 91.6 Å². The third-order valence-electron chi connectivity index (χ3n) is 4.27. The van der Waals surface area contributed by atoms with Crippen LogP contribution in [0.3, 0.4) is 0 Å². The van der Waals surface area contributed by atoms with Crippen molar-refractivity contribution in [3.8, 4) is 11.5 Å². The van der Waals surface area contributed by atoms with Crippen molar-refractivity contribution in [2.75, 3.05) is 7.11 Å². The molecular formula is C22H19BrCl2FNO2. The van der Waals surface area contributed by atoms with Crippen LogP contribution in [0.4, 0.5) is 4.39 Å². The van der Waals surface area contributed by atoms with E-state index >= 15 is 0 Å². The Hall–Kier alpha value is -1.79. The summed E-state index contributed by atoms with van der Waals surface area (Å²) >= 11 is 15.6. The second-order valence-electron chi connectivity index (χ2n) is 6.36. The van der Waals surface area contributed by atoms with E-state index in [9.17, 15) is 4.39 Å². The van der Waals surface area contributed by atoms with Crippen LogP contribution in [0.5, 0.6) is 11.5 Å². The van der Waals surface area contributed by atoms with Crippen molar-refractivity contribution < 1.29 is 13.9 Å². The van der Waals surface area contributed by atoms with Gasteiger partial charge in [0, 0.05) is 17.6 Å². The molecule has 0 heterocycles. The highest BCUT2D eigenvalue weighted by molar-refractivity contribution is 9.10. The predicted octanol–water partition coefficient (Wildman–Crippen LogP) is 6.77. The quantitative estimate of drug-likeness (QED) is 0.371. The highest BCUT2D eigenvalue weighted by atomic mass is 79.9. The Morgan fingerprint density at radius 2 is 1.62 bits per heavy atom. The highest BCUT2D eigenvalue weighted by Gasteiger charge is 2.11. The lowest BCUT2D eigenvalue weighted by Crippen LogP contribution is -2.13. The van der Waals surface area contributed by atoms with Gasteiger partial charge >= 0.3 is 0 Å². The molecule has 0 unspecified atom stereocenters. The van der Waals surface area contributed by atoms with E-state index in [0.29, 0.717) is 41.2 Å². The smallest absolute Gasteiger partial charge is 0.162 e. The molecule has 0 bridgehead atoms. The maximum Gasteiger partial charge on any atom is 0.162 e. The molecule has 0 aliphatic carbocycles. The molecule has 152 valence electrons. The summed E-state index contributed by atoms with van der Waals surface area (Å²) < 4.78 is 25.3. The summed E-state index contributed by atoms with van der Waals surface area (Å²) in [4.78, 5) is 0. The molecule has 0 spiro atoms. The largest absolute Gasteiger partial charge is 0.493 e. The molecule has 3 aromatic carbocycles. The van der Waals surface area contributed by atoms with E-state index in [1.807, 2.05) is 18.2 Å². The minimum atomic E-state index is -0.238. The Bertz CT molecular complexity index is 983. The molecule has 1 N–H and O–H groups in total. The molecule has 0 aromatic heterocycles. The Balaban J connectivity index is 1.64. The van der Waals surface area contributed by atoms with Gasteiger partial charge in [-0.05, 0) is 53.1 Å². The molecule has 0 aliphatic heterocycles. The van der Waals surface area contributed by atoms with Crippen LogP contribution < -0.4 is 14.8 Å². The van der Waals surface area contributed by atoms with Crippen molar-refractivity contribution in [1.82, 2.24) is 5.32 Å². The Labute approximate surface area is 187 Å². The number of benzene rings is 3. The first kappa shape index (κ1) is 21.9. The van der Waals surface area contributed by atoms with E-state index in [1.165, 1.54) is 12.1 Å². The van der Waals surface area contributed by atoms with Crippen molar-refractivity contribution >= 4 is 39.1 Å². The van der Waals surface area contributed by atoms with Gasteiger partial charge in [0.2, 0.25) is 0 Å². The Morgan fingerprint density at radius 1 is 0.897 bits per heavy atom. The zero-order valence-corrected chi connectivity index (χ0v) is 18.7. The van der Waals surface area contributed by atoms with Crippen molar-refractivity contribution in [1.29, 1.82) is 0 Å². The summed E-state index contributed by atoms with van der Waals surface area (Å²) in [5, 5.41) is 4.34. The summed E-state index contributed by atoms with van der Waals surface area (Å²) in [5.41, 5.74) is 2.93. The SMILES string of the molecule is COc1cc(CNCc2ccc(F)cc2)c(Br)cc1OCc1ccc(Cl)c(Cl)c1. The van der Waals surface area contributed by atoms with Crippen LogP contribution in [0, 0.1) is 5.82 Å². The summed E-state index contributed by atoms with van der Waals surface area (Å²) in [6, 6.07) is 15.6. The number of methoxy groups -OCH3 is 1. The van der Waals surface area contributed by atoms with Crippen molar-refractivity contribution in [2.24, 2.45) is 0 Å². The van der Waals surface area contributed by atoms with Gasteiger partial charge in [-0.2, -0.15) is 0 Å². The van der Waals surface area contributed by atoms with E-state index in [1.54, 1.807) is 31.4 Å². The van der Waals surface area contributed by atoms with Crippen molar-refractivity contribution in [2.45, 2.75) is 19.7 Å². The molecule has 0 aliphatic rings. The van der Waals surface area contributed by atoms with E-state index < -0.39 is 0 Å². The van der Waals surface area contributed by atoms with Gasteiger partial charge in [-0.3, -0.25) is 0 Å². The zero-order valence-electron chi connectivity index (χ0n) is 15.6. The number of hydrogen-bond donors (Lipinski definition) is 1. The van der Waals surface area contributed by atoms with Crippen LogP contribution in [0.1, 0.15) is 16.7 Å². The molecule has 3 aromatic rings. The number of halogens is 4. The molecule has 0 saturated heterocycles. The van der Waals surface area contributed by atoms with Gasteiger partial charge in [-0.1, -0.05) is 57.3 Å². The third kappa shape index (κ3) is 6.09. The van der Waals surface area contributed by atoms with Gasteiger partial charge in [0.15, 0.2) is 11.5 Å². The topological polar surface area (TPSA) is 30.5 Å². The van der Waals surface area contributed by atoms with Crippen LogP contribution in [0.2, 0.25) is 10.0 Å². The van der Waals surface area contributed by atoms with Crippen LogP contribution in [0.15, 0.2) is 59.1 Å². The number of nitrogens with one attached hydrogen (secondary N) is 1. The number of hydrogen-bond acceptors (Lipinski definition) is 3. The number of rotatable bonds is 8. The predicted molar refractivity (Wildman–Crippen MR) is 118 cm³/mol. The van der Waals surface area contributed by atoms with Crippen LogP contribution in [-0.2, 0) is 19.7 Å². The molecule has 0 radical (unpaired) electrons. The van der Waals surface area contributed by atoms with Gasteiger partial charge in [0.05, 0.1) is 17.2 Å². The maximum absolute atomic E-state index is 13.0. The lowest BCUT2D eigenvalue weighted by atomic mass is 10.1. The van der Waals surface area contributed by atoms with Crippen molar-refractivity contribution in [3.63, 3.8) is 0 Å². The average molecular weight is 499 g/mol. The summed E-state index contributed by atoms with van der Waals surface area (Å²) in [6.07, 6.45) is 0. The average Bonchev–Trinajstić information content (AvgIpc) is 2.71. The normalized spacial score (nSPS) is 10.8. The van der Waals surface area contributed by atoms with Gasteiger partial charge in [0.1, 0.15) is 12.4 Å². The fourth-order valence-electron chi connectivity index (χ4n) is 2.72. The molecule has 29 heavy (non-hydrogen) atoms. The lowest BCUT2D eigenvalue weighted by molar-refractivity contribution is 0.284. The van der Waals surface area contributed by atoms with Gasteiger partial charge in [-0.25, -0.2) is 4.39 Å². The minimum absolute atomic E-state index is 0.238. The van der Waals surface area contributed by atoms with Gasteiger partial charge < -0.3 is 14.8 Å². The molecule has 3 rings (SSSR count). The Kier molecular flexibility index (Phi) is 7.78. The lowest BCUT2D eigenvalue weighted by Gasteiger charge is -2.15. The molecule has 0 saturated carbocycles. The molecule has 0 fully saturated rings. The maximum atomic E-state index is 13.0. The molecule has 7 heteroatoms. The first-order valence-electron chi connectivity index (χ1n) is 8.84. The first-order chi connectivity index (χ1) is 14.0. The van der Waals surface area contributed by atoms with Crippen LogP contribution in [-0.4, -0.2) is 7.11 Å². The van der Waals surface area contributed by atoms with E-state index in [-0.39, 0.29) is 5.82 Å². The molecule has 0 amide bonds. The summed E-state index contributed by atoms with van der Waals surface area (Å²) in [6.45, 7) is 1.58. The number of ether oxygens (including phenoxy) is 2. The summed E-state index contributed by atoms with van der Waals surface area (Å²) in [7, 11) is 1.60. The van der Waals surface area contributed by atoms with E-state index in [2.05, 4.69) is 21.2 Å². The molecular weight excluding hydrogens is 480 g/mol. The van der Waals surface area contributed by atoms with Crippen LogP contribution >= 0.6 is 39.1 Å². The van der Waals surface area contributed by atoms with Crippen LogP contribution in [0.25, 0.3) is 0 Å². The van der Waals surface area contributed by atoms with E-state index in [4.69, 9.17) is 32.7 Å². The van der Waals surface area contributed by atoms with E-state index in [0.717, 1.165) is 21.2 Å². The van der Waals surface area contributed by atoms with Gasteiger partial charge in [0.25, 0.3) is 0 Å². The standard InChI is InChI=1S/C22H19BrCl2FNO2/c1-28-21-9-16(12-27-11-14-2-5-17(26)6-3-14)18(23)10-22(21)29-13-15-4-7-19(24)20(25)8-15/h2-10,27H,11-13H2,1H3. The monoisotopic (exact) mass is 497 g/mol.